The van der Waals surface area contributed by atoms with Gasteiger partial charge < -0.3 is 10.5 Å². The number of rotatable bonds is 2. The van der Waals surface area contributed by atoms with Crippen LogP contribution in [-0.2, 0) is 18.8 Å². The standard InChI is InChI=1S/C18H15F6NO/c19-17(20,21)13-5-2-6-14(18(22,23)24)15(13)12-4-1-3-10-7-8-11(9-25)26-16(10)12/h1-6,11H,7-9,25H2/t11-/m1/s1. The molecule has 26 heavy (non-hydrogen) atoms. The Balaban J connectivity index is 2.31. The zero-order valence-corrected chi connectivity index (χ0v) is 13.4. The van der Waals surface area contributed by atoms with Gasteiger partial charge in [-0.25, -0.2) is 0 Å². The monoisotopic (exact) mass is 375 g/mol. The third kappa shape index (κ3) is 3.38. The number of fused-ring (bicyclic) bond motifs is 1. The van der Waals surface area contributed by atoms with Crippen LogP contribution in [0.1, 0.15) is 23.1 Å². The third-order valence-corrected chi connectivity index (χ3v) is 4.32. The molecule has 0 radical (unpaired) electrons. The van der Waals surface area contributed by atoms with E-state index in [9.17, 15) is 26.3 Å². The molecule has 0 bridgehead atoms. The molecular formula is C18H15F6NO. The van der Waals surface area contributed by atoms with E-state index in [1.54, 1.807) is 6.07 Å². The van der Waals surface area contributed by atoms with Crippen LogP contribution in [0.2, 0.25) is 0 Å². The van der Waals surface area contributed by atoms with E-state index in [1.165, 1.54) is 12.1 Å². The van der Waals surface area contributed by atoms with Crippen molar-refractivity contribution in [3.8, 4) is 16.9 Å². The van der Waals surface area contributed by atoms with Crippen molar-refractivity contribution >= 4 is 0 Å². The number of ether oxygens (including phenoxy) is 1. The third-order valence-electron chi connectivity index (χ3n) is 4.32. The van der Waals surface area contributed by atoms with Gasteiger partial charge >= 0.3 is 12.4 Å². The highest BCUT2D eigenvalue weighted by atomic mass is 19.4. The smallest absolute Gasteiger partial charge is 0.417 e. The van der Waals surface area contributed by atoms with Crippen molar-refractivity contribution in [2.45, 2.75) is 31.3 Å². The molecule has 2 N–H and O–H groups in total. The quantitative estimate of drug-likeness (QED) is 0.746. The van der Waals surface area contributed by atoms with Crippen LogP contribution >= 0.6 is 0 Å². The number of benzene rings is 2. The van der Waals surface area contributed by atoms with Crippen LogP contribution < -0.4 is 10.5 Å². The van der Waals surface area contributed by atoms with E-state index in [2.05, 4.69) is 0 Å². The van der Waals surface area contributed by atoms with Crippen molar-refractivity contribution in [1.29, 1.82) is 0 Å². The Morgan fingerprint density at radius 3 is 2.04 bits per heavy atom. The number of nitrogens with two attached hydrogens (primary N) is 1. The molecule has 2 aromatic carbocycles. The molecule has 1 aliphatic rings. The van der Waals surface area contributed by atoms with Gasteiger partial charge in [0.15, 0.2) is 0 Å². The van der Waals surface area contributed by atoms with Crippen molar-refractivity contribution in [3.63, 3.8) is 0 Å². The first-order chi connectivity index (χ1) is 12.1. The molecular weight excluding hydrogens is 360 g/mol. The first-order valence-corrected chi connectivity index (χ1v) is 7.89. The maximum absolute atomic E-state index is 13.4. The highest BCUT2D eigenvalue weighted by Gasteiger charge is 2.42. The normalized spacial score (nSPS) is 17.6. The molecule has 0 fully saturated rings. The lowest BCUT2D eigenvalue weighted by molar-refractivity contribution is -0.142. The van der Waals surface area contributed by atoms with E-state index < -0.39 is 35.1 Å². The fraction of sp³-hybridized carbons (Fsp3) is 0.333. The maximum atomic E-state index is 13.4. The molecule has 0 unspecified atom stereocenters. The second-order valence-corrected chi connectivity index (χ2v) is 6.03. The van der Waals surface area contributed by atoms with Crippen molar-refractivity contribution in [3.05, 3.63) is 53.1 Å². The summed E-state index contributed by atoms with van der Waals surface area (Å²) in [6.07, 6.45) is -9.31. The number of alkyl halides is 6. The summed E-state index contributed by atoms with van der Waals surface area (Å²) in [4.78, 5) is 0. The number of aryl methyl sites for hydroxylation is 1. The molecule has 3 rings (SSSR count). The molecule has 0 spiro atoms. The topological polar surface area (TPSA) is 35.2 Å². The zero-order chi connectivity index (χ0) is 19.1. The van der Waals surface area contributed by atoms with E-state index in [0.29, 0.717) is 30.5 Å². The number of hydrogen-bond acceptors (Lipinski definition) is 2. The van der Waals surface area contributed by atoms with E-state index in [0.717, 1.165) is 6.07 Å². The Morgan fingerprint density at radius 2 is 1.50 bits per heavy atom. The van der Waals surface area contributed by atoms with Crippen LogP contribution in [0.25, 0.3) is 11.1 Å². The van der Waals surface area contributed by atoms with Gasteiger partial charge in [0.2, 0.25) is 0 Å². The minimum absolute atomic E-state index is 0.0383. The molecule has 0 saturated carbocycles. The lowest BCUT2D eigenvalue weighted by atomic mass is 9.89. The van der Waals surface area contributed by atoms with Crippen LogP contribution in [0.15, 0.2) is 36.4 Å². The largest absolute Gasteiger partial charge is 0.488 e. The minimum atomic E-state index is -4.94. The Bertz CT molecular complexity index is 780. The summed E-state index contributed by atoms with van der Waals surface area (Å²) in [7, 11) is 0. The van der Waals surface area contributed by atoms with Crippen molar-refractivity contribution in [2.75, 3.05) is 6.54 Å². The highest BCUT2D eigenvalue weighted by Crippen LogP contribution is 2.48. The van der Waals surface area contributed by atoms with Crippen LogP contribution in [0.5, 0.6) is 5.75 Å². The second-order valence-electron chi connectivity index (χ2n) is 6.03. The summed E-state index contributed by atoms with van der Waals surface area (Å²) >= 11 is 0. The van der Waals surface area contributed by atoms with Crippen molar-refractivity contribution in [1.82, 2.24) is 0 Å². The molecule has 2 nitrogen and oxygen atoms in total. The van der Waals surface area contributed by atoms with E-state index >= 15 is 0 Å². The fourth-order valence-corrected chi connectivity index (χ4v) is 3.14. The van der Waals surface area contributed by atoms with Crippen molar-refractivity contribution < 1.29 is 31.1 Å². The SMILES string of the molecule is NC[C@H]1CCc2cccc(-c3c(C(F)(F)F)cccc3C(F)(F)F)c2O1. The highest BCUT2D eigenvalue weighted by molar-refractivity contribution is 5.79. The molecule has 1 atom stereocenters. The average molecular weight is 375 g/mol. The number of hydrogen-bond donors (Lipinski definition) is 1. The van der Waals surface area contributed by atoms with E-state index in [1.807, 2.05) is 0 Å². The summed E-state index contributed by atoms with van der Waals surface area (Å²) in [6, 6.07) is 6.34. The predicted molar refractivity (Wildman–Crippen MR) is 83.7 cm³/mol. The zero-order valence-electron chi connectivity index (χ0n) is 13.4. The summed E-state index contributed by atoms with van der Waals surface area (Å²) in [5.74, 6) is 0.0383. The molecule has 8 heteroatoms. The molecule has 2 aromatic rings. The van der Waals surface area contributed by atoms with Gasteiger partial charge in [-0.1, -0.05) is 24.3 Å². The average Bonchev–Trinajstić information content (AvgIpc) is 2.58. The van der Waals surface area contributed by atoms with Crippen LogP contribution in [-0.4, -0.2) is 12.6 Å². The van der Waals surface area contributed by atoms with Gasteiger partial charge in [0, 0.05) is 17.7 Å². The van der Waals surface area contributed by atoms with Gasteiger partial charge in [-0.3, -0.25) is 0 Å². The summed E-state index contributed by atoms with van der Waals surface area (Å²) < 4.78 is 86.3. The summed E-state index contributed by atoms with van der Waals surface area (Å²) in [5.41, 5.74) is 2.30. The predicted octanol–water partition coefficient (Wildman–Crippen LogP) is 5.04. The lowest BCUT2D eigenvalue weighted by Gasteiger charge is -2.28. The van der Waals surface area contributed by atoms with Gasteiger partial charge in [0.25, 0.3) is 0 Å². The van der Waals surface area contributed by atoms with Gasteiger partial charge in [-0.2, -0.15) is 26.3 Å². The van der Waals surface area contributed by atoms with Crippen LogP contribution in [0.4, 0.5) is 26.3 Å². The maximum Gasteiger partial charge on any atom is 0.417 e. The van der Waals surface area contributed by atoms with Gasteiger partial charge in [0.1, 0.15) is 11.9 Å². The Hall–Kier alpha value is -2.22. The molecule has 0 aromatic heterocycles. The summed E-state index contributed by atoms with van der Waals surface area (Å²) in [5, 5.41) is 0. The first-order valence-electron chi connectivity index (χ1n) is 7.89. The lowest BCUT2D eigenvalue weighted by Crippen LogP contribution is -2.30. The number of para-hydroxylation sites is 1. The Kier molecular flexibility index (Phi) is 4.64. The fourth-order valence-electron chi connectivity index (χ4n) is 3.14. The van der Waals surface area contributed by atoms with Crippen molar-refractivity contribution in [2.24, 2.45) is 5.73 Å². The Labute approximate surface area is 145 Å². The van der Waals surface area contributed by atoms with Crippen LogP contribution in [0.3, 0.4) is 0 Å². The van der Waals surface area contributed by atoms with E-state index in [4.69, 9.17) is 10.5 Å². The Morgan fingerprint density at radius 1 is 0.923 bits per heavy atom. The first kappa shape index (κ1) is 18.6. The molecule has 1 heterocycles. The van der Waals surface area contributed by atoms with Gasteiger partial charge in [0.05, 0.1) is 11.1 Å². The molecule has 140 valence electrons. The molecule has 0 amide bonds. The molecule has 0 aliphatic carbocycles. The van der Waals surface area contributed by atoms with E-state index in [-0.39, 0.29) is 17.9 Å². The van der Waals surface area contributed by atoms with Gasteiger partial charge in [-0.15, -0.1) is 0 Å². The van der Waals surface area contributed by atoms with Crippen LogP contribution in [0, 0.1) is 0 Å². The second kappa shape index (κ2) is 6.50. The molecule has 1 aliphatic heterocycles. The van der Waals surface area contributed by atoms with Gasteiger partial charge in [-0.05, 0) is 30.5 Å². The minimum Gasteiger partial charge on any atom is -0.488 e. The summed E-state index contributed by atoms with van der Waals surface area (Å²) in [6.45, 7) is 0.126. The molecule has 0 saturated heterocycles. The number of halogens is 6.